The zero-order chi connectivity index (χ0) is 19.2. The second kappa shape index (κ2) is 9.62. The highest BCUT2D eigenvalue weighted by Crippen LogP contribution is 2.31. The lowest BCUT2D eigenvalue weighted by Gasteiger charge is -2.17. The fourth-order valence-corrected chi connectivity index (χ4v) is 4.69. The lowest BCUT2D eigenvalue weighted by atomic mass is 9.89. The van der Waals surface area contributed by atoms with Gasteiger partial charge in [0.05, 0.1) is 10.7 Å². The van der Waals surface area contributed by atoms with E-state index in [1.807, 2.05) is 6.07 Å². The molecule has 1 heterocycles. The van der Waals surface area contributed by atoms with Gasteiger partial charge in [-0.05, 0) is 73.0 Å². The molecule has 0 aromatic heterocycles. The molecule has 0 radical (unpaired) electrons. The molecule has 1 fully saturated rings. The van der Waals surface area contributed by atoms with Gasteiger partial charge in [-0.3, -0.25) is 0 Å². The molecule has 148 valence electrons. The zero-order valence-corrected chi connectivity index (χ0v) is 17.4. The Balaban J connectivity index is 1.39. The Labute approximate surface area is 174 Å². The maximum Gasteiger partial charge on any atom is 0.0640 e. The molecule has 28 heavy (non-hydrogen) atoms. The van der Waals surface area contributed by atoms with Gasteiger partial charge < -0.3 is 10.6 Å². The summed E-state index contributed by atoms with van der Waals surface area (Å²) >= 11 is 6.53. The fraction of sp³-hybridized carbons (Fsp3) is 0.440. The van der Waals surface area contributed by atoms with Gasteiger partial charge in [-0.1, -0.05) is 73.3 Å². The Hall–Kier alpha value is -1.77. The number of halogens is 1. The summed E-state index contributed by atoms with van der Waals surface area (Å²) in [5, 5.41) is 7.92. The van der Waals surface area contributed by atoms with Gasteiger partial charge in [-0.2, -0.15) is 0 Å². The van der Waals surface area contributed by atoms with Crippen LogP contribution in [0.3, 0.4) is 0 Å². The first kappa shape index (κ1) is 19.5. The molecule has 4 rings (SSSR count). The number of fused-ring (bicyclic) bond motifs is 1. The van der Waals surface area contributed by atoms with E-state index in [9.17, 15) is 0 Å². The maximum absolute atomic E-state index is 6.53. The van der Waals surface area contributed by atoms with Crippen molar-refractivity contribution in [1.82, 2.24) is 5.32 Å². The third kappa shape index (κ3) is 4.98. The van der Waals surface area contributed by atoms with E-state index < -0.39 is 0 Å². The third-order valence-electron chi connectivity index (χ3n) is 6.14. The van der Waals surface area contributed by atoms with Gasteiger partial charge in [0.1, 0.15) is 0 Å². The van der Waals surface area contributed by atoms with Crippen LogP contribution in [0.2, 0.25) is 5.02 Å². The topological polar surface area (TPSA) is 24.1 Å². The maximum atomic E-state index is 6.53. The van der Waals surface area contributed by atoms with E-state index in [2.05, 4.69) is 53.1 Å². The molecule has 0 bridgehead atoms. The van der Waals surface area contributed by atoms with E-state index in [4.69, 9.17) is 11.6 Å². The molecule has 2 aromatic carbocycles. The van der Waals surface area contributed by atoms with Crippen LogP contribution in [0.1, 0.15) is 54.4 Å². The van der Waals surface area contributed by atoms with Crippen LogP contribution in [0.4, 0.5) is 5.69 Å². The zero-order valence-electron chi connectivity index (χ0n) is 16.6. The molecule has 2 N–H and O–H groups in total. The molecule has 1 aliphatic carbocycles. The van der Waals surface area contributed by atoms with Crippen LogP contribution in [0, 0.1) is 5.92 Å². The van der Waals surface area contributed by atoms with Gasteiger partial charge in [0.15, 0.2) is 0 Å². The number of allylic oxidation sites excluding steroid dienone is 1. The van der Waals surface area contributed by atoms with Crippen molar-refractivity contribution in [2.24, 2.45) is 5.92 Å². The second-order valence-corrected chi connectivity index (χ2v) is 8.57. The predicted molar refractivity (Wildman–Crippen MR) is 121 cm³/mol. The summed E-state index contributed by atoms with van der Waals surface area (Å²) in [5.41, 5.74) is 6.50. The standard InChI is InChI=1S/C25H31ClN2/c26-24-13-12-22-14-16-27-17-15-23(22)25(24)28-18-21-10-8-20(9-11-21)7-6-19-4-2-1-3-5-19/h6-13,19,27-28H,1-5,14-18H2. The van der Waals surface area contributed by atoms with Gasteiger partial charge in [0.25, 0.3) is 0 Å². The lowest BCUT2D eigenvalue weighted by molar-refractivity contribution is 0.420. The largest absolute Gasteiger partial charge is 0.380 e. The van der Waals surface area contributed by atoms with Crippen LogP contribution >= 0.6 is 11.6 Å². The van der Waals surface area contributed by atoms with Crippen molar-refractivity contribution in [1.29, 1.82) is 0 Å². The Bertz CT molecular complexity index is 804. The van der Waals surface area contributed by atoms with Crippen LogP contribution < -0.4 is 10.6 Å². The van der Waals surface area contributed by atoms with Crippen molar-refractivity contribution >= 4 is 23.4 Å². The molecule has 0 spiro atoms. The number of rotatable bonds is 5. The van der Waals surface area contributed by atoms with E-state index in [0.717, 1.165) is 49.1 Å². The first-order valence-electron chi connectivity index (χ1n) is 10.8. The number of hydrogen-bond acceptors (Lipinski definition) is 2. The van der Waals surface area contributed by atoms with Crippen LogP contribution in [0.5, 0.6) is 0 Å². The molecule has 0 saturated heterocycles. The van der Waals surface area contributed by atoms with Gasteiger partial charge >= 0.3 is 0 Å². The highest BCUT2D eigenvalue weighted by molar-refractivity contribution is 6.33. The van der Waals surface area contributed by atoms with Crippen LogP contribution in [-0.2, 0) is 19.4 Å². The predicted octanol–water partition coefficient (Wildman–Crippen LogP) is 6.23. The molecule has 1 saturated carbocycles. The van der Waals surface area contributed by atoms with Crippen molar-refractivity contribution in [3.63, 3.8) is 0 Å². The Kier molecular flexibility index (Phi) is 6.72. The summed E-state index contributed by atoms with van der Waals surface area (Å²) < 4.78 is 0. The van der Waals surface area contributed by atoms with Crippen molar-refractivity contribution < 1.29 is 0 Å². The van der Waals surface area contributed by atoms with Crippen molar-refractivity contribution in [3.8, 4) is 0 Å². The molecule has 1 aliphatic heterocycles. The SMILES string of the molecule is Clc1ccc2c(c1NCc1ccc(C=CC3CCCCC3)cc1)CCNCC2. The van der Waals surface area contributed by atoms with E-state index in [1.54, 1.807) is 0 Å². The first-order chi connectivity index (χ1) is 13.8. The lowest BCUT2D eigenvalue weighted by Crippen LogP contribution is -2.16. The molecule has 0 amide bonds. The highest BCUT2D eigenvalue weighted by atomic mass is 35.5. The molecule has 2 nitrogen and oxygen atoms in total. The molecule has 0 unspecified atom stereocenters. The second-order valence-electron chi connectivity index (χ2n) is 8.16. The third-order valence-corrected chi connectivity index (χ3v) is 6.46. The average molecular weight is 395 g/mol. The molecule has 2 aliphatic rings. The molecule has 0 atom stereocenters. The fourth-order valence-electron chi connectivity index (χ4n) is 4.45. The number of anilines is 1. The van der Waals surface area contributed by atoms with Crippen LogP contribution in [0.25, 0.3) is 6.08 Å². The minimum atomic E-state index is 0.778. The summed E-state index contributed by atoms with van der Waals surface area (Å²) in [6, 6.07) is 13.1. The Morgan fingerprint density at radius 3 is 2.57 bits per heavy atom. The van der Waals surface area contributed by atoms with Crippen molar-refractivity contribution in [3.05, 3.63) is 69.8 Å². The average Bonchev–Trinajstić information content (AvgIpc) is 2.99. The number of nitrogens with one attached hydrogen (secondary N) is 2. The normalized spacial score (nSPS) is 18.0. The molecule has 2 aromatic rings. The van der Waals surface area contributed by atoms with Crippen LogP contribution in [0.15, 0.2) is 42.5 Å². The van der Waals surface area contributed by atoms with E-state index in [-0.39, 0.29) is 0 Å². The smallest absolute Gasteiger partial charge is 0.0640 e. The minimum absolute atomic E-state index is 0.778. The number of hydrogen-bond donors (Lipinski definition) is 2. The summed E-state index contributed by atoms with van der Waals surface area (Å²) in [5.74, 6) is 0.778. The highest BCUT2D eigenvalue weighted by Gasteiger charge is 2.14. The summed E-state index contributed by atoms with van der Waals surface area (Å²) in [4.78, 5) is 0. The Morgan fingerprint density at radius 1 is 0.964 bits per heavy atom. The Morgan fingerprint density at radius 2 is 1.75 bits per heavy atom. The monoisotopic (exact) mass is 394 g/mol. The molecule has 3 heteroatoms. The van der Waals surface area contributed by atoms with Gasteiger partial charge in [0.2, 0.25) is 0 Å². The van der Waals surface area contributed by atoms with Gasteiger partial charge in [-0.25, -0.2) is 0 Å². The van der Waals surface area contributed by atoms with Crippen molar-refractivity contribution in [2.45, 2.75) is 51.5 Å². The van der Waals surface area contributed by atoms with E-state index in [0.29, 0.717) is 0 Å². The first-order valence-corrected chi connectivity index (χ1v) is 11.2. The van der Waals surface area contributed by atoms with Gasteiger partial charge in [0, 0.05) is 6.54 Å². The quantitative estimate of drug-likeness (QED) is 0.627. The minimum Gasteiger partial charge on any atom is -0.380 e. The summed E-state index contributed by atoms with van der Waals surface area (Å²) in [6.45, 7) is 2.87. The van der Waals surface area contributed by atoms with Gasteiger partial charge in [-0.15, -0.1) is 0 Å². The van der Waals surface area contributed by atoms with Crippen molar-refractivity contribution in [2.75, 3.05) is 18.4 Å². The summed E-state index contributed by atoms with van der Waals surface area (Å²) in [6.07, 6.45) is 13.7. The van der Waals surface area contributed by atoms with E-state index >= 15 is 0 Å². The summed E-state index contributed by atoms with van der Waals surface area (Å²) in [7, 11) is 0. The van der Waals surface area contributed by atoms with Crippen LogP contribution in [-0.4, -0.2) is 13.1 Å². The number of benzene rings is 2. The molecular formula is C25H31ClN2. The molecular weight excluding hydrogens is 364 g/mol. The van der Waals surface area contributed by atoms with E-state index in [1.165, 1.54) is 54.4 Å².